The van der Waals surface area contributed by atoms with Crippen LogP contribution in [0, 0.1) is 0 Å². The average Bonchev–Trinajstić information content (AvgIpc) is 2.21. The van der Waals surface area contributed by atoms with Crippen molar-refractivity contribution in [3.8, 4) is 0 Å². The van der Waals surface area contributed by atoms with Crippen LogP contribution in [0.5, 0.6) is 0 Å². The van der Waals surface area contributed by atoms with Crippen LogP contribution in [0.2, 0.25) is 0 Å². The second-order valence-corrected chi connectivity index (χ2v) is 4.35. The van der Waals surface area contributed by atoms with E-state index in [0.717, 1.165) is 11.5 Å². The first-order chi connectivity index (χ1) is 6.83. The van der Waals surface area contributed by atoms with Gasteiger partial charge in [-0.1, -0.05) is 80.1 Å². The molecule has 106 valence electrons. The molecule has 0 aliphatic heterocycles. The van der Waals surface area contributed by atoms with E-state index < -0.39 is 0 Å². The fourth-order valence-electron chi connectivity index (χ4n) is 1.06. The summed E-state index contributed by atoms with van der Waals surface area (Å²) < 4.78 is 0. The molecule has 0 saturated carbocycles. The zero-order valence-electron chi connectivity index (χ0n) is 10.4. The van der Waals surface area contributed by atoms with Gasteiger partial charge in [0, 0.05) is 0 Å². The Morgan fingerprint density at radius 3 is 1.06 bits per heavy atom. The first kappa shape index (κ1) is 31.1. The van der Waals surface area contributed by atoms with E-state index in [1.54, 1.807) is 0 Å². The monoisotopic (exact) mass is 386 g/mol. The molecule has 0 nitrogen and oxygen atoms in total. The summed E-state index contributed by atoms with van der Waals surface area (Å²) in [6.07, 6.45) is 10.5. The van der Waals surface area contributed by atoms with Gasteiger partial charge in [-0.05, 0) is 0 Å². The first-order valence-corrected chi connectivity index (χ1v) is 7.15. The van der Waals surface area contributed by atoms with Gasteiger partial charge in [0.05, 0.1) is 0 Å². The maximum atomic E-state index is 4.77. The summed E-state index contributed by atoms with van der Waals surface area (Å²) in [7, 11) is 0. The summed E-state index contributed by atoms with van der Waals surface area (Å²) in [5.41, 5.74) is 0. The summed E-state index contributed by atoms with van der Waals surface area (Å²) in [6, 6.07) is 0. The molecule has 2 radical (unpaired) electrons. The van der Waals surface area contributed by atoms with Crippen molar-refractivity contribution < 1.29 is 0 Å². The van der Waals surface area contributed by atoms with E-state index in [2.05, 4.69) is 13.8 Å². The summed E-state index contributed by atoms with van der Waals surface area (Å²) in [5.74, 6) is 1.89. The molecule has 0 rings (SSSR count). The van der Waals surface area contributed by atoms with Crippen molar-refractivity contribution in [3.63, 3.8) is 0 Å². The molecule has 0 aromatic heterocycles. The minimum Gasteiger partial charge on any atom is -0.793 e. The van der Waals surface area contributed by atoms with Crippen molar-refractivity contribution in [2.45, 2.75) is 80.1 Å². The predicted octanol–water partition coefficient (Wildman–Crippen LogP) is 5.12. The molecule has 0 atom stereocenters. The van der Waals surface area contributed by atoms with E-state index in [0.29, 0.717) is 0 Å². The smallest absolute Gasteiger partial charge is 0.793 e. The van der Waals surface area contributed by atoms with Crippen LogP contribution < -0.4 is 0 Å². The van der Waals surface area contributed by atoms with Gasteiger partial charge in [0.15, 0.2) is 0 Å². The van der Waals surface area contributed by atoms with Gasteiger partial charge in [-0.3, -0.25) is 0 Å². The summed E-state index contributed by atoms with van der Waals surface area (Å²) in [4.78, 5) is 0. The predicted molar refractivity (Wildman–Crippen MR) is 92.0 cm³/mol. The van der Waals surface area contributed by atoms with Gasteiger partial charge in [0.25, 0.3) is 0 Å². The maximum Gasteiger partial charge on any atom is 2.00 e. The normalized spacial score (nSPS) is 7.76. The molecular weight excluding hydrogens is 351 g/mol. The van der Waals surface area contributed by atoms with Gasteiger partial charge in [-0.2, -0.15) is 11.5 Å². The summed E-state index contributed by atoms with van der Waals surface area (Å²) >= 11 is 9.53. The molecule has 0 aromatic carbocycles. The Labute approximate surface area is 140 Å². The molecular formula is C14H34S2Sn. The van der Waals surface area contributed by atoms with E-state index in [9.17, 15) is 0 Å². The minimum absolute atomic E-state index is 0. The van der Waals surface area contributed by atoms with Crippen LogP contribution in [-0.4, -0.2) is 35.4 Å². The van der Waals surface area contributed by atoms with E-state index in [4.69, 9.17) is 25.3 Å². The third-order valence-electron chi connectivity index (χ3n) is 2.00. The first-order valence-electron chi connectivity index (χ1n) is 5.99. The Balaban J connectivity index is -0.0000000480. The summed E-state index contributed by atoms with van der Waals surface area (Å²) in [6.45, 7) is 4.42. The standard InChI is InChI=1S/2C6H14S.2CH4.Sn/c2*1-2-3-4-5-6-7;;;/h2*7H,2-6H2,1H3;2*1H4;/q;;;;+2/p-2. The molecule has 0 fully saturated rings. The Bertz CT molecular complexity index is 62.6. The van der Waals surface area contributed by atoms with Crippen LogP contribution in [0.3, 0.4) is 0 Å². The maximum absolute atomic E-state index is 4.77. The van der Waals surface area contributed by atoms with E-state index >= 15 is 0 Å². The Morgan fingerprint density at radius 1 is 0.588 bits per heavy atom. The van der Waals surface area contributed by atoms with Gasteiger partial charge >= 0.3 is 23.9 Å². The third kappa shape index (κ3) is 46.6. The zero-order valence-corrected chi connectivity index (χ0v) is 14.9. The zero-order chi connectivity index (χ0) is 11.1. The van der Waals surface area contributed by atoms with Crippen molar-refractivity contribution in [3.05, 3.63) is 0 Å². The third-order valence-corrected chi connectivity index (χ3v) is 2.57. The minimum atomic E-state index is 0. The van der Waals surface area contributed by atoms with E-state index in [1.807, 2.05) is 0 Å². The number of hydrogen-bond donors (Lipinski definition) is 0. The van der Waals surface area contributed by atoms with Crippen molar-refractivity contribution in [2.24, 2.45) is 0 Å². The molecule has 0 aliphatic rings. The van der Waals surface area contributed by atoms with Crippen LogP contribution in [0.25, 0.3) is 0 Å². The van der Waals surface area contributed by atoms with Gasteiger partial charge in [0.2, 0.25) is 0 Å². The molecule has 0 bridgehead atoms. The Hall–Kier alpha value is 1.50. The Kier molecular flexibility index (Phi) is 65.9. The molecule has 0 saturated heterocycles. The van der Waals surface area contributed by atoms with Crippen LogP contribution in [0.4, 0.5) is 0 Å². The van der Waals surface area contributed by atoms with E-state index in [1.165, 1.54) is 51.4 Å². The van der Waals surface area contributed by atoms with Gasteiger partial charge < -0.3 is 25.3 Å². The Morgan fingerprint density at radius 2 is 0.882 bits per heavy atom. The molecule has 3 heteroatoms. The number of hydrogen-bond acceptors (Lipinski definition) is 2. The number of unbranched alkanes of at least 4 members (excludes halogenated alkanes) is 6. The molecule has 0 unspecified atom stereocenters. The SMILES string of the molecule is C.C.CCCCCC[S-].CCCCCC[S-].[Sn+2]. The molecule has 0 aliphatic carbocycles. The molecule has 0 spiro atoms. The van der Waals surface area contributed by atoms with Crippen LogP contribution >= 0.6 is 0 Å². The number of rotatable bonds is 8. The van der Waals surface area contributed by atoms with Crippen LogP contribution in [0.15, 0.2) is 0 Å². The fraction of sp³-hybridized carbons (Fsp3) is 1.00. The second-order valence-electron chi connectivity index (χ2n) is 3.53. The average molecular weight is 385 g/mol. The van der Waals surface area contributed by atoms with Crippen LogP contribution in [0.1, 0.15) is 80.1 Å². The fourth-order valence-corrected chi connectivity index (χ4v) is 1.47. The van der Waals surface area contributed by atoms with Crippen molar-refractivity contribution >= 4 is 49.2 Å². The second kappa shape index (κ2) is 36.0. The van der Waals surface area contributed by atoms with Crippen LogP contribution in [-0.2, 0) is 25.3 Å². The largest absolute Gasteiger partial charge is 2.00 e. The molecule has 0 aromatic rings. The van der Waals surface area contributed by atoms with Gasteiger partial charge in [-0.25, -0.2) is 0 Å². The van der Waals surface area contributed by atoms with Crippen molar-refractivity contribution in [2.75, 3.05) is 11.5 Å². The van der Waals surface area contributed by atoms with Crippen molar-refractivity contribution in [1.82, 2.24) is 0 Å². The van der Waals surface area contributed by atoms with E-state index in [-0.39, 0.29) is 38.8 Å². The molecule has 0 amide bonds. The topological polar surface area (TPSA) is 0 Å². The quantitative estimate of drug-likeness (QED) is 0.323. The molecule has 0 N–H and O–H groups in total. The van der Waals surface area contributed by atoms with Crippen molar-refractivity contribution in [1.29, 1.82) is 0 Å². The molecule has 0 heterocycles. The summed E-state index contributed by atoms with van der Waals surface area (Å²) in [5, 5.41) is 0. The molecule has 17 heavy (non-hydrogen) atoms. The van der Waals surface area contributed by atoms with Gasteiger partial charge in [-0.15, -0.1) is 0 Å². The van der Waals surface area contributed by atoms with Gasteiger partial charge in [0.1, 0.15) is 0 Å².